The number of benzene rings is 1. The number of piperidine rings is 1. The lowest BCUT2D eigenvalue weighted by molar-refractivity contribution is -0.0146. The minimum Gasteiger partial charge on any atom is -0.381 e. The summed E-state index contributed by atoms with van der Waals surface area (Å²) < 4.78 is 5.52. The summed E-state index contributed by atoms with van der Waals surface area (Å²) in [4.78, 5) is 22.9. The fraction of sp³-hybridized carbons (Fsp3) is 0.619. The second-order valence-corrected chi connectivity index (χ2v) is 8.15. The average Bonchev–Trinajstić information content (AvgIpc) is 3.10. The van der Waals surface area contributed by atoms with Crippen molar-refractivity contribution in [3.63, 3.8) is 0 Å². The third kappa shape index (κ3) is 3.81. The largest absolute Gasteiger partial charge is 0.381 e. The van der Waals surface area contributed by atoms with E-state index in [2.05, 4.69) is 41.3 Å². The summed E-state index contributed by atoms with van der Waals surface area (Å²) in [6, 6.07) is 6.12. The van der Waals surface area contributed by atoms with Gasteiger partial charge in [-0.3, -0.25) is 0 Å². The van der Waals surface area contributed by atoms with Gasteiger partial charge in [-0.05, 0) is 62.1 Å². The number of aryl methyl sites for hydroxylation is 1. The van der Waals surface area contributed by atoms with Crippen LogP contribution in [0.2, 0.25) is 0 Å². The van der Waals surface area contributed by atoms with Crippen LogP contribution in [0.4, 0.5) is 4.79 Å². The number of aromatic nitrogens is 2. The first-order chi connectivity index (χ1) is 13.1. The Hall–Kier alpha value is -2.08. The molecule has 1 aromatic carbocycles. The summed E-state index contributed by atoms with van der Waals surface area (Å²) >= 11 is 0. The number of urea groups is 1. The van der Waals surface area contributed by atoms with E-state index in [4.69, 9.17) is 4.74 Å². The molecule has 146 valence electrons. The van der Waals surface area contributed by atoms with Crippen LogP contribution in [0.15, 0.2) is 18.2 Å². The number of carbonyl (C=O) groups is 1. The number of rotatable bonds is 3. The zero-order chi connectivity index (χ0) is 18.9. The smallest absolute Gasteiger partial charge is 0.317 e. The van der Waals surface area contributed by atoms with Crippen molar-refractivity contribution in [3.8, 4) is 0 Å². The van der Waals surface area contributed by atoms with Crippen molar-refractivity contribution in [2.45, 2.75) is 52.0 Å². The van der Waals surface area contributed by atoms with E-state index in [1.165, 1.54) is 5.56 Å². The molecule has 0 saturated carbocycles. The van der Waals surface area contributed by atoms with Gasteiger partial charge < -0.3 is 19.9 Å². The molecule has 2 amide bonds. The fourth-order valence-electron chi connectivity index (χ4n) is 4.40. The molecule has 0 bridgehead atoms. The number of fused-ring (bicyclic) bond motifs is 1. The van der Waals surface area contributed by atoms with E-state index in [0.29, 0.717) is 5.41 Å². The van der Waals surface area contributed by atoms with E-state index in [1.54, 1.807) is 0 Å². The number of ether oxygens (including phenoxy) is 1. The summed E-state index contributed by atoms with van der Waals surface area (Å²) in [6.45, 7) is 7.56. The van der Waals surface area contributed by atoms with Crippen LogP contribution in [-0.2, 0) is 4.74 Å². The van der Waals surface area contributed by atoms with Gasteiger partial charge >= 0.3 is 6.03 Å². The number of nitrogens with one attached hydrogen (secondary N) is 2. The molecule has 6 nitrogen and oxygen atoms in total. The summed E-state index contributed by atoms with van der Waals surface area (Å²) in [5.41, 5.74) is 3.57. The molecule has 1 atom stereocenters. The van der Waals surface area contributed by atoms with Gasteiger partial charge in [-0.2, -0.15) is 0 Å². The van der Waals surface area contributed by atoms with E-state index in [1.807, 2.05) is 11.0 Å². The van der Waals surface area contributed by atoms with Crippen LogP contribution in [-0.4, -0.2) is 47.2 Å². The van der Waals surface area contributed by atoms with Crippen molar-refractivity contribution in [1.82, 2.24) is 20.2 Å². The Morgan fingerprint density at radius 1 is 1.30 bits per heavy atom. The second kappa shape index (κ2) is 7.50. The van der Waals surface area contributed by atoms with Gasteiger partial charge in [-0.1, -0.05) is 13.0 Å². The number of imidazole rings is 1. The standard InChI is InChI=1S/C21H30N4O2/c1-3-16(19-22-17-5-4-15(2)14-18(17)23-19)24-20(26)25-10-6-21(7-11-25)8-12-27-13-9-21/h4-5,14,16H,3,6-13H2,1-2H3,(H,22,23)(H,24,26)/t16-/m0/s1. The Morgan fingerprint density at radius 3 is 2.74 bits per heavy atom. The minimum absolute atomic E-state index is 0.0281. The molecular weight excluding hydrogens is 340 g/mol. The molecular formula is C21H30N4O2. The molecule has 0 unspecified atom stereocenters. The van der Waals surface area contributed by atoms with Gasteiger partial charge in [0.2, 0.25) is 0 Å². The number of H-pyrrole nitrogens is 1. The van der Waals surface area contributed by atoms with Crippen molar-refractivity contribution in [1.29, 1.82) is 0 Å². The van der Waals surface area contributed by atoms with Crippen LogP contribution in [0.25, 0.3) is 11.0 Å². The molecule has 1 aromatic heterocycles. The number of nitrogens with zero attached hydrogens (tertiary/aromatic N) is 2. The quantitative estimate of drug-likeness (QED) is 0.860. The molecule has 2 aliphatic heterocycles. The van der Waals surface area contributed by atoms with Crippen molar-refractivity contribution < 1.29 is 9.53 Å². The maximum atomic E-state index is 12.8. The predicted octanol–water partition coefficient (Wildman–Crippen LogP) is 3.92. The topological polar surface area (TPSA) is 70.2 Å². The molecule has 1 spiro atoms. The minimum atomic E-state index is -0.0934. The average molecular weight is 370 g/mol. The Kier molecular flexibility index (Phi) is 5.08. The number of hydrogen-bond acceptors (Lipinski definition) is 3. The van der Waals surface area contributed by atoms with Crippen LogP contribution < -0.4 is 5.32 Å². The number of amides is 2. The monoisotopic (exact) mass is 370 g/mol. The van der Waals surface area contributed by atoms with Crippen molar-refractivity contribution >= 4 is 17.1 Å². The summed E-state index contributed by atoms with van der Waals surface area (Å²) in [6.07, 6.45) is 5.26. The fourth-order valence-corrected chi connectivity index (χ4v) is 4.40. The van der Waals surface area contributed by atoms with Gasteiger partial charge in [-0.15, -0.1) is 0 Å². The lowest BCUT2D eigenvalue weighted by atomic mass is 9.72. The molecule has 0 radical (unpaired) electrons. The van der Waals surface area contributed by atoms with E-state index in [9.17, 15) is 4.79 Å². The molecule has 27 heavy (non-hydrogen) atoms. The maximum Gasteiger partial charge on any atom is 0.317 e. The third-order valence-corrected chi connectivity index (χ3v) is 6.36. The molecule has 2 fully saturated rings. The van der Waals surface area contributed by atoms with Crippen molar-refractivity contribution in [2.24, 2.45) is 5.41 Å². The number of carbonyl (C=O) groups excluding carboxylic acids is 1. The van der Waals surface area contributed by atoms with Crippen molar-refractivity contribution in [2.75, 3.05) is 26.3 Å². The highest BCUT2D eigenvalue weighted by atomic mass is 16.5. The number of likely N-dealkylation sites (tertiary alicyclic amines) is 1. The van der Waals surface area contributed by atoms with E-state index in [0.717, 1.165) is 75.3 Å². The summed E-state index contributed by atoms with van der Waals surface area (Å²) in [5, 5.41) is 3.19. The van der Waals surface area contributed by atoms with Gasteiger partial charge in [0.15, 0.2) is 0 Å². The van der Waals surface area contributed by atoms with Crippen LogP contribution in [0.3, 0.4) is 0 Å². The van der Waals surface area contributed by atoms with Gasteiger partial charge in [0.05, 0.1) is 17.1 Å². The van der Waals surface area contributed by atoms with Crippen LogP contribution >= 0.6 is 0 Å². The normalized spacial score (nSPS) is 20.7. The third-order valence-electron chi connectivity index (χ3n) is 6.36. The summed E-state index contributed by atoms with van der Waals surface area (Å²) in [7, 11) is 0. The second-order valence-electron chi connectivity index (χ2n) is 8.15. The van der Waals surface area contributed by atoms with Gasteiger partial charge in [0.1, 0.15) is 5.82 Å². The first kappa shape index (κ1) is 18.3. The predicted molar refractivity (Wildman–Crippen MR) is 106 cm³/mol. The van der Waals surface area contributed by atoms with Gasteiger partial charge in [-0.25, -0.2) is 9.78 Å². The summed E-state index contributed by atoms with van der Waals surface area (Å²) in [5.74, 6) is 0.837. The molecule has 6 heteroatoms. The van der Waals surface area contributed by atoms with Crippen LogP contribution in [0.1, 0.15) is 56.5 Å². The van der Waals surface area contributed by atoms with E-state index >= 15 is 0 Å². The van der Waals surface area contributed by atoms with Crippen LogP contribution in [0, 0.1) is 12.3 Å². The Bertz CT molecular complexity index is 800. The van der Waals surface area contributed by atoms with Gasteiger partial charge in [0.25, 0.3) is 0 Å². The molecule has 2 aromatic rings. The molecule has 3 heterocycles. The number of hydrogen-bond donors (Lipinski definition) is 2. The first-order valence-corrected chi connectivity index (χ1v) is 10.2. The molecule has 4 rings (SSSR count). The highest BCUT2D eigenvalue weighted by molar-refractivity contribution is 5.77. The highest BCUT2D eigenvalue weighted by Crippen LogP contribution is 2.40. The zero-order valence-corrected chi connectivity index (χ0v) is 16.4. The van der Waals surface area contributed by atoms with E-state index in [-0.39, 0.29) is 12.1 Å². The SMILES string of the molecule is CC[C@H](NC(=O)N1CCC2(CCOCC2)CC1)c1nc2ccc(C)cc2[nH]1. The molecule has 2 N–H and O–H groups in total. The molecule has 2 saturated heterocycles. The van der Waals surface area contributed by atoms with Crippen molar-refractivity contribution in [3.05, 3.63) is 29.6 Å². The maximum absolute atomic E-state index is 12.8. The Labute approximate surface area is 160 Å². The lowest BCUT2D eigenvalue weighted by Crippen LogP contribution is -2.49. The molecule has 2 aliphatic rings. The van der Waals surface area contributed by atoms with E-state index < -0.39 is 0 Å². The number of aromatic amines is 1. The Morgan fingerprint density at radius 2 is 2.04 bits per heavy atom. The lowest BCUT2D eigenvalue weighted by Gasteiger charge is -2.44. The van der Waals surface area contributed by atoms with Gasteiger partial charge in [0, 0.05) is 26.3 Å². The molecule has 0 aliphatic carbocycles. The first-order valence-electron chi connectivity index (χ1n) is 10.2. The zero-order valence-electron chi connectivity index (χ0n) is 16.4. The highest BCUT2D eigenvalue weighted by Gasteiger charge is 2.37. The Balaban J connectivity index is 1.40. The van der Waals surface area contributed by atoms with Crippen LogP contribution in [0.5, 0.6) is 0 Å².